The molecule has 2 rings (SSSR count). The lowest BCUT2D eigenvalue weighted by Gasteiger charge is -2.09. The second-order valence-electron chi connectivity index (χ2n) is 3.08. The zero-order chi connectivity index (χ0) is 10.7. The lowest BCUT2D eigenvalue weighted by atomic mass is 10.3. The molecule has 1 aliphatic rings. The Labute approximate surface area is 86.5 Å². The third-order valence-electron chi connectivity index (χ3n) is 1.96. The van der Waals surface area contributed by atoms with Gasteiger partial charge in [0.25, 0.3) is 5.91 Å². The molecule has 1 atom stereocenters. The highest BCUT2D eigenvalue weighted by atomic mass is 16.5. The predicted molar refractivity (Wildman–Crippen MR) is 54.7 cm³/mol. The quantitative estimate of drug-likeness (QED) is 0.735. The Hall–Kier alpha value is -2.04. The summed E-state index contributed by atoms with van der Waals surface area (Å²) in [6.45, 7) is 0.156. The highest BCUT2D eigenvalue weighted by Gasteiger charge is 2.23. The first-order chi connectivity index (χ1) is 7.25. The highest BCUT2D eigenvalue weighted by Crippen LogP contribution is 2.14. The number of hydrogen-bond donors (Lipinski definition) is 1. The summed E-state index contributed by atoms with van der Waals surface area (Å²) < 4.78 is 10.3. The van der Waals surface area contributed by atoms with Crippen LogP contribution in [0.15, 0.2) is 29.3 Å². The van der Waals surface area contributed by atoms with Crippen LogP contribution in [0.5, 0.6) is 5.75 Å². The Kier molecular flexibility index (Phi) is 2.53. The Balaban J connectivity index is 1.88. The maximum Gasteiger partial charge on any atom is 0.293 e. The van der Waals surface area contributed by atoms with Crippen molar-refractivity contribution in [3.63, 3.8) is 0 Å². The van der Waals surface area contributed by atoms with Crippen molar-refractivity contribution >= 4 is 18.0 Å². The highest BCUT2D eigenvalue weighted by molar-refractivity contribution is 5.91. The van der Waals surface area contributed by atoms with Crippen LogP contribution in [-0.4, -0.2) is 25.0 Å². The van der Waals surface area contributed by atoms with Crippen LogP contribution in [0.3, 0.4) is 0 Å². The second kappa shape index (κ2) is 4.00. The minimum absolute atomic E-state index is 0.156. The molecule has 5 nitrogen and oxygen atoms in total. The molecule has 1 aliphatic heterocycles. The van der Waals surface area contributed by atoms with Gasteiger partial charge in [-0.3, -0.25) is 4.79 Å². The summed E-state index contributed by atoms with van der Waals surface area (Å²) in [5, 5.41) is 0. The van der Waals surface area contributed by atoms with Crippen LogP contribution in [0.25, 0.3) is 0 Å². The van der Waals surface area contributed by atoms with Crippen molar-refractivity contribution in [2.45, 2.75) is 6.10 Å². The smallest absolute Gasteiger partial charge is 0.293 e. The van der Waals surface area contributed by atoms with Gasteiger partial charge in [0.2, 0.25) is 6.10 Å². The molecule has 0 saturated carbocycles. The molecule has 5 heteroatoms. The fourth-order valence-electron chi connectivity index (χ4n) is 1.14. The van der Waals surface area contributed by atoms with Crippen molar-refractivity contribution < 1.29 is 14.3 Å². The van der Waals surface area contributed by atoms with Crippen molar-refractivity contribution in [3.05, 3.63) is 24.3 Å². The fourth-order valence-corrected chi connectivity index (χ4v) is 1.14. The third kappa shape index (κ3) is 2.25. The summed E-state index contributed by atoms with van der Waals surface area (Å²) in [6, 6.07) is 6.91. The van der Waals surface area contributed by atoms with E-state index in [0.29, 0.717) is 11.4 Å². The summed E-state index contributed by atoms with van der Waals surface area (Å²) in [4.78, 5) is 14.5. The van der Waals surface area contributed by atoms with Crippen molar-refractivity contribution in [2.75, 3.05) is 12.3 Å². The molecule has 0 saturated heterocycles. The number of aliphatic imine (C=N–C) groups is 1. The first-order valence-corrected chi connectivity index (χ1v) is 4.46. The van der Waals surface area contributed by atoms with Crippen molar-refractivity contribution in [1.82, 2.24) is 0 Å². The van der Waals surface area contributed by atoms with Crippen LogP contribution in [0.2, 0.25) is 0 Å². The summed E-state index contributed by atoms with van der Waals surface area (Å²) in [5.41, 5.74) is 6.18. The number of hydrogen-bond acceptors (Lipinski definition) is 4. The van der Waals surface area contributed by atoms with Gasteiger partial charge in [0.15, 0.2) is 6.40 Å². The standard InChI is InChI=1S/C10H10N2O3/c11-7-1-3-8(4-2-7)14-5-9-10(13)12-6-15-9/h1-4,6,9H,5,11H2. The molecule has 0 bridgehead atoms. The minimum atomic E-state index is -0.623. The molecule has 1 amide bonds. The molecule has 15 heavy (non-hydrogen) atoms. The molecule has 0 aliphatic carbocycles. The van der Waals surface area contributed by atoms with Gasteiger partial charge in [-0.05, 0) is 24.3 Å². The van der Waals surface area contributed by atoms with E-state index in [1.165, 1.54) is 0 Å². The van der Waals surface area contributed by atoms with E-state index in [1.54, 1.807) is 24.3 Å². The maximum absolute atomic E-state index is 11.0. The van der Waals surface area contributed by atoms with E-state index in [4.69, 9.17) is 15.2 Å². The molecule has 2 N–H and O–H groups in total. The number of anilines is 1. The summed E-state index contributed by atoms with van der Waals surface area (Å²) in [6.07, 6.45) is 0.516. The average Bonchev–Trinajstić information content (AvgIpc) is 2.63. The van der Waals surface area contributed by atoms with Crippen molar-refractivity contribution in [1.29, 1.82) is 0 Å². The Morgan fingerprint density at radius 3 is 2.73 bits per heavy atom. The topological polar surface area (TPSA) is 73.9 Å². The fraction of sp³-hybridized carbons (Fsp3) is 0.200. The van der Waals surface area contributed by atoms with Gasteiger partial charge in [-0.15, -0.1) is 0 Å². The van der Waals surface area contributed by atoms with Crippen LogP contribution in [0, 0.1) is 0 Å². The number of carbonyl (C=O) groups is 1. The van der Waals surface area contributed by atoms with Crippen molar-refractivity contribution in [2.24, 2.45) is 4.99 Å². The normalized spacial score (nSPS) is 18.9. The number of rotatable bonds is 3. The monoisotopic (exact) mass is 206 g/mol. The summed E-state index contributed by atoms with van der Waals surface area (Å²) in [7, 11) is 0. The van der Waals surface area contributed by atoms with Gasteiger partial charge in [0.05, 0.1) is 0 Å². The van der Waals surface area contributed by atoms with E-state index in [0.717, 1.165) is 6.40 Å². The molecule has 0 radical (unpaired) electrons. The maximum atomic E-state index is 11.0. The summed E-state index contributed by atoms with van der Waals surface area (Å²) >= 11 is 0. The third-order valence-corrected chi connectivity index (χ3v) is 1.96. The van der Waals surface area contributed by atoms with Crippen LogP contribution in [0.4, 0.5) is 5.69 Å². The number of benzene rings is 1. The van der Waals surface area contributed by atoms with Gasteiger partial charge in [0, 0.05) is 5.69 Å². The van der Waals surface area contributed by atoms with Gasteiger partial charge in [-0.25, -0.2) is 0 Å². The zero-order valence-corrected chi connectivity index (χ0v) is 7.92. The lowest BCUT2D eigenvalue weighted by molar-refractivity contribution is -0.123. The predicted octanol–water partition coefficient (Wildman–Crippen LogP) is 0.601. The molecule has 0 spiro atoms. The van der Waals surface area contributed by atoms with E-state index < -0.39 is 6.10 Å². The SMILES string of the molecule is Nc1ccc(OCC2OC=NC2=O)cc1. The van der Waals surface area contributed by atoms with Gasteiger partial charge in [-0.1, -0.05) is 0 Å². The van der Waals surface area contributed by atoms with Crippen LogP contribution >= 0.6 is 0 Å². The molecule has 0 fully saturated rings. The molecular weight excluding hydrogens is 196 g/mol. The molecular formula is C10H10N2O3. The van der Waals surface area contributed by atoms with E-state index in [9.17, 15) is 4.79 Å². The number of ether oxygens (including phenoxy) is 2. The molecule has 1 unspecified atom stereocenters. The van der Waals surface area contributed by atoms with E-state index in [2.05, 4.69) is 4.99 Å². The number of nitrogen functional groups attached to an aromatic ring is 1. The summed E-state index contributed by atoms with van der Waals surface area (Å²) in [5.74, 6) is 0.331. The Morgan fingerprint density at radius 2 is 2.13 bits per heavy atom. The molecule has 1 aromatic carbocycles. The van der Waals surface area contributed by atoms with Crippen LogP contribution in [-0.2, 0) is 9.53 Å². The molecule has 78 valence electrons. The molecule has 0 aromatic heterocycles. The van der Waals surface area contributed by atoms with E-state index in [-0.39, 0.29) is 12.5 Å². The van der Waals surface area contributed by atoms with Crippen LogP contribution < -0.4 is 10.5 Å². The largest absolute Gasteiger partial charge is 0.489 e. The second-order valence-corrected chi connectivity index (χ2v) is 3.08. The number of nitrogens with zero attached hydrogens (tertiary/aromatic N) is 1. The average molecular weight is 206 g/mol. The van der Waals surface area contributed by atoms with Crippen molar-refractivity contribution in [3.8, 4) is 5.75 Å². The Bertz CT molecular complexity index is 386. The first-order valence-electron chi connectivity index (χ1n) is 4.46. The molecule has 1 aromatic rings. The van der Waals surface area contributed by atoms with Crippen LogP contribution in [0.1, 0.15) is 0 Å². The number of amides is 1. The van der Waals surface area contributed by atoms with E-state index >= 15 is 0 Å². The van der Waals surface area contributed by atoms with Gasteiger partial charge in [0.1, 0.15) is 12.4 Å². The Morgan fingerprint density at radius 1 is 1.40 bits per heavy atom. The molecule has 1 heterocycles. The van der Waals surface area contributed by atoms with Gasteiger partial charge >= 0.3 is 0 Å². The lowest BCUT2D eigenvalue weighted by Crippen LogP contribution is -2.24. The number of nitrogens with two attached hydrogens (primary N) is 1. The van der Waals surface area contributed by atoms with Gasteiger partial charge in [-0.2, -0.15) is 4.99 Å². The zero-order valence-electron chi connectivity index (χ0n) is 7.92. The number of carbonyl (C=O) groups excluding carboxylic acids is 1. The first kappa shape index (κ1) is 9.51. The van der Waals surface area contributed by atoms with Gasteiger partial charge < -0.3 is 15.2 Å². The minimum Gasteiger partial charge on any atom is -0.489 e. The van der Waals surface area contributed by atoms with E-state index in [1.807, 2.05) is 0 Å².